The van der Waals surface area contributed by atoms with Crippen LogP contribution < -0.4 is 10.7 Å². The number of nitrogens with zero attached hydrogens (tertiary/aromatic N) is 2. The molecule has 0 aliphatic carbocycles. The number of aryl methyl sites for hydroxylation is 1. The van der Waals surface area contributed by atoms with Crippen molar-refractivity contribution in [3.63, 3.8) is 0 Å². The Morgan fingerprint density at radius 3 is 2.43 bits per heavy atom. The number of carbonyl (C=O) groups excluding carboxylic acids is 1. The molecule has 5 heteroatoms. The van der Waals surface area contributed by atoms with Crippen molar-refractivity contribution < 1.29 is 4.79 Å². The van der Waals surface area contributed by atoms with E-state index in [-0.39, 0.29) is 16.9 Å². The van der Waals surface area contributed by atoms with Crippen LogP contribution in [0.15, 0.2) is 65.7 Å². The molecule has 3 rings (SSSR count). The highest BCUT2D eigenvalue weighted by molar-refractivity contribution is 6.05. The molecular formula is C23H25N3O2. The smallest absolute Gasteiger partial charge is 0.261 e. The number of carbonyl (C=O) groups is 1. The van der Waals surface area contributed by atoms with E-state index in [4.69, 9.17) is 0 Å². The predicted octanol–water partition coefficient (Wildman–Crippen LogP) is 4.05. The van der Waals surface area contributed by atoms with E-state index in [2.05, 4.69) is 28.7 Å². The van der Waals surface area contributed by atoms with Crippen LogP contribution >= 0.6 is 0 Å². The summed E-state index contributed by atoms with van der Waals surface area (Å²) >= 11 is 0. The fraction of sp³-hybridized carbons (Fsp3) is 0.261. The third-order valence-electron chi connectivity index (χ3n) is 4.58. The normalized spacial score (nSPS) is 10.9. The Hall–Kier alpha value is -3.21. The Bertz CT molecular complexity index is 1010. The maximum atomic E-state index is 13.0. The maximum absolute atomic E-state index is 13.0. The Balaban J connectivity index is 2.08. The third kappa shape index (κ3) is 4.55. The monoisotopic (exact) mass is 375 g/mol. The van der Waals surface area contributed by atoms with Crippen molar-refractivity contribution in [2.75, 3.05) is 5.32 Å². The van der Waals surface area contributed by atoms with Gasteiger partial charge >= 0.3 is 0 Å². The van der Waals surface area contributed by atoms with Gasteiger partial charge in [-0.2, -0.15) is 0 Å². The zero-order chi connectivity index (χ0) is 20.1. The predicted molar refractivity (Wildman–Crippen MR) is 112 cm³/mol. The van der Waals surface area contributed by atoms with Crippen LogP contribution in [-0.2, 0) is 13.0 Å². The van der Waals surface area contributed by atoms with E-state index in [0.717, 1.165) is 17.0 Å². The number of pyridine rings is 2. The topological polar surface area (TPSA) is 64.0 Å². The van der Waals surface area contributed by atoms with Crippen molar-refractivity contribution in [2.45, 2.75) is 33.7 Å². The molecule has 144 valence electrons. The Morgan fingerprint density at radius 1 is 1.11 bits per heavy atom. The van der Waals surface area contributed by atoms with Gasteiger partial charge in [0.2, 0.25) is 0 Å². The van der Waals surface area contributed by atoms with Crippen LogP contribution in [0.2, 0.25) is 0 Å². The summed E-state index contributed by atoms with van der Waals surface area (Å²) in [6.45, 7) is 6.67. The molecule has 0 saturated carbocycles. The molecule has 0 aliphatic heterocycles. The zero-order valence-corrected chi connectivity index (χ0v) is 16.5. The van der Waals surface area contributed by atoms with Crippen molar-refractivity contribution in [1.82, 2.24) is 9.55 Å². The van der Waals surface area contributed by atoms with Crippen LogP contribution in [0.4, 0.5) is 5.69 Å². The molecule has 2 aromatic heterocycles. The highest BCUT2D eigenvalue weighted by Crippen LogP contribution is 2.18. The van der Waals surface area contributed by atoms with Crippen LogP contribution in [0, 0.1) is 12.8 Å². The van der Waals surface area contributed by atoms with Gasteiger partial charge in [0, 0.05) is 42.1 Å². The molecule has 0 saturated heterocycles. The van der Waals surface area contributed by atoms with Crippen molar-refractivity contribution in [3.8, 4) is 0 Å². The van der Waals surface area contributed by atoms with Gasteiger partial charge < -0.3 is 9.88 Å². The lowest BCUT2D eigenvalue weighted by Gasteiger charge is -2.21. The lowest BCUT2D eigenvalue weighted by molar-refractivity contribution is 0.102. The van der Waals surface area contributed by atoms with Crippen LogP contribution in [-0.4, -0.2) is 15.5 Å². The highest BCUT2D eigenvalue weighted by atomic mass is 16.2. The van der Waals surface area contributed by atoms with Crippen LogP contribution in [0.25, 0.3) is 0 Å². The molecule has 5 nitrogen and oxygen atoms in total. The minimum absolute atomic E-state index is 0.220. The molecule has 0 bridgehead atoms. The van der Waals surface area contributed by atoms with Gasteiger partial charge in [0.15, 0.2) is 5.43 Å². The van der Waals surface area contributed by atoms with E-state index < -0.39 is 0 Å². The molecule has 0 fully saturated rings. The van der Waals surface area contributed by atoms with Gasteiger partial charge in [0.25, 0.3) is 5.91 Å². The van der Waals surface area contributed by atoms with Crippen LogP contribution in [0.1, 0.15) is 41.2 Å². The summed E-state index contributed by atoms with van der Waals surface area (Å²) in [7, 11) is 0. The Kier molecular flexibility index (Phi) is 6.04. The molecule has 0 spiro atoms. The molecule has 3 aromatic rings. The average Bonchev–Trinajstić information content (AvgIpc) is 2.66. The number of benzene rings is 1. The lowest BCUT2D eigenvalue weighted by atomic mass is 10.0. The number of nitrogens with one attached hydrogen (secondary N) is 1. The lowest BCUT2D eigenvalue weighted by Crippen LogP contribution is -2.29. The third-order valence-corrected chi connectivity index (χ3v) is 4.58. The van der Waals surface area contributed by atoms with E-state index in [1.165, 1.54) is 0 Å². The van der Waals surface area contributed by atoms with E-state index in [9.17, 15) is 9.59 Å². The summed E-state index contributed by atoms with van der Waals surface area (Å²) in [5, 5.41) is 2.86. The molecule has 1 N–H and O–H groups in total. The van der Waals surface area contributed by atoms with Gasteiger partial charge in [0.05, 0.1) is 0 Å². The summed E-state index contributed by atoms with van der Waals surface area (Å²) in [5.41, 5.74) is 3.33. The zero-order valence-electron chi connectivity index (χ0n) is 16.5. The van der Waals surface area contributed by atoms with Gasteiger partial charge in [-0.3, -0.25) is 14.6 Å². The number of aromatic nitrogens is 2. The molecule has 0 atom stereocenters. The minimum atomic E-state index is -0.365. The Morgan fingerprint density at radius 2 is 1.79 bits per heavy atom. The number of para-hydroxylation sites is 1. The quantitative estimate of drug-likeness (QED) is 0.707. The van der Waals surface area contributed by atoms with Crippen LogP contribution in [0.3, 0.4) is 0 Å². The van der Waals surface area contributed by atoms with Crippen LogP contribution in [0.5, 0.6) is 0 Å². The molecule has 1 amide bonds. The average molecular weight is 375 g/mol. The summed E-state index contributed by atoms with van der Waals surface area (Å²) in [5.74, 6) is -0.0662. The summed E-state index contributed by atoms with van der Waals surface area (Å²) in [4.78, 5) is 29.9. The van der Waals surface area contributed by atoms with Crippen molar-refractivity contribution in [1.29, 1.82) is 0 Å². The second kappa shape index (κ2) is 8.65. The molecule has 0 aliphatic rings. The second-order valence-electron chi connectivity index (χ2n) is 7.33. The molecular weight excluding hydrogens is 350 g/mol. The first-order valence-electron chi connectivity index (χ1n) is 9.44. The molecule has 0 radical (unpaired) electrons. The number of anilines is 1. The van der Waals surface area contributed by atoms with Gasteiger partial charge in [-0.25, -0.2) is 0 Å². The fourth-order valence-corrected chi connectivity index (χ4v) is 3.28. The molecule has 1 aromatic carbocycles. The fourth-order valence-electron chi connectivity index (χ4n) is 3.28. The van der Waals surface area contributed by atoms with E-state index in [1.54, 1.807) is 18.5 Å². The number of hydrogen-bond acceptors (Lipinski definition) is 3. The minimum Gasteiger partial charge on any atom is -0.343 e. The van der Waals surface area contributed by atoms with Gasteiger partial charge in [0.1, 0.15) is 5.56 Å². The SMILES string of the molecule is Cc1cc(=O)c(C(=O)Nc2ccccc2)c(CC(C)C)n1Cc1ccncc1. The first kappa shape index (κ1) is 19.5. The maximum Gasteiger partial charge on any atom is 0.261 e. The van der Waals surface area contributed by atoms with Crippen molar-refractivity contribution in [3.05, 3.63) is 93.7 Å². The van der Waals surface area contributed by atoms with E-state index in [1.807, 2.05) is 49.4 Å². The molecule has 0 unspecified atom stereocenters. The summed E-state index contributed by atoms with van der Waals surface area (Å²) in [6.07, 6.45) is 4.14. The standard InChI is InChI=1S/C23H25N3O2/c1-16(2)13-20-22(23(28)25-19-7-5-4-6-8-19)21(27)14-17(3)26(20)15-18-9-11-24-12-10-18/h4-12,14,16H,13,15H2,1-3H3,(H,25,28). The van der Waals surface area contributed by atoms with Crippen molar-refractivity contribution >= 4 is 11.6 Å². The number of amides is 1. The molecule has 28 heavy (non-hydrogen) atoms. The van der Waals surface area contributed by atoms with Gasteiger partial charge in [-0.05, 0) is 49.1 Å². The largest absolute Gasteiger partial charge is 0.343 e. The van der Waals surface area contributed by atoms with Gasteiger partial charge in [-0.1, -0.05) is 32.0 Å². The number of hydrogen-bond donors (Lipinski definition) is 1. The summed E-state index contributed by atoms with van der Waals surface area (Å²) < 4.78 is 2.07. The number of rotatable bonds is 6. The van der Waals surface area contributed by atoms with E-state index in [0.29, 0.717) is 24.6 Å². The molecule has 2 heterocycles. The first-order valence-corrected chi connectivity index (χ1v) is 9.44. The highest BCUT2D eigenvalue weighted by Gasteiger charge is 2.21. The first-order chi connectivity index (χ1) is 13.5. The van der Waals surface area contributed by atoms with Crippen molar-refractivity contribution in [2.24, 2.45) is 5.92 Å². The Labute approximate surface area is 165 Å². The second-order valence-corrected chi connectivity index (χ2v) is 7.33. The van der Waals surface area contributed by atoms with E-state index >= 15 is 0 Å². The van der Waals surface area contributed by atoms with Gasteiger partial charge in [-0.15, -0.1) is 0 Å². The summed E-state index contributed by atoms with van der Waals surface area (Å²) in [6, 6.07) is 14.6.